The molecule has 1 aliphatic rings. The Morgan fingerprint density at radius 3 is 2.57 bits per heavy atom. The fourth-order valence-electron chi connectivity index (χ4n) is 2.62. The summed E-state index contributed by atoms with van der Waals surface area (Å²) in [7, 11) is 0. The largest absolute Gasteiger partial charge is 0.466 e. The average molecular weight is 291 g/mol. The van der Waals surface area contributed by atoms with Crippen molar-refractivity contribution in [3.63, 3.8) is 0 Å². The van der Waals surface area contributed by atoms with Crippen molar-refractivity contribution in [2.24, 2.45) is 0 Å². The molecule has 0 saturated carbocycles. The lowest BCUT2D eigenvalue weighted by Crippen LogP contribution is -2.46. The number of carbonyl (C=O) groups excluding carboxylic acids is 1. The fraction of sp³-hybridized carbons (Fsp3) is 0.625. The maximum atomic E-state index is 11.2. The molecule has 0 aliphatic carbocycles. The molecule has 1 aromatic heterocycles. The molecule has 5 nitrogen and oxygen atoms in total. The molecule has 2 heterocycles. The van der Waals surface area contributed by atoms with E-state index in [9.17, 15) is 4.79 Å². The second-order valence-corrected chi connectivity index (χ2v) is 5.30. The number of aromatic nitrogens is 1. The fourth-order valence-corrected chi connectivity index (χ4v) is 2.62. The van der Waals surface area contributed by atoms with Gasteiger partial charge in [-0.25, -0.2) is 0 Å². The molecular weight excluding hydrogens is 266 g/mol. The van der Waals surface area contributed by atoms with Crippen molar-refractivity contribution in [2.75, 3.05) is 44.2 Å². The highest BCUT2D eigenvalue weighted by Crippen LogP contribution is 2.15. The van der Waals surface area contributed by atoms with E-state index in [-0.39, 0.29) is 5.97 Å². The zero-order chi connectivity index (χ0) is 14.9. The van der Waals surface area contributed by atoms with Gasteiger partial charge in [0.25, 0.3) is 0 Å². The van der Waals surface area contributed by atoms with Gasteiger partial charge in [0.1, 0.15) is 0 Å². The normalized spacial score (nSPS) is 16.0. The number of esters is 1. The summed E-state index contributed by atoms with van der Waals surface area (Å²) >= 11 is 0. The molecule has 0 unspecified atom stereocenters. The molecule has 21 heavy (non-hydrogen) atoms. The van der Waals surface area contributed by atoms with E-state index in [0.29, 0.717) is 13.0 Å². The van der Waals surface area contributed by atoms with Crippen LogP contribution in [0.2, 0.25) is 0 Å². The number of carbonyl (C=O) groups is 1. The van der Waals surface area contributed by atoms with Gasteiger partial charge in [0.15, 0.2) is 0 Å². The van der Waals surface area contributed by atoms with Gasteiger partial charge < -0.3 is 9.64 Å². The first-order valence-electron chi connectivity index (χ1n) is 7.82. The number of hydrogen-bond donors (Lipinski definition) is 0. The van der Waals surface area contributed by atoms with Gasteiger partial charge in [-0.1, -0.05) is 0 Å². The van der Waals surface area contributed by atoms with Crippen LogP contribution in [0.5, 0.6) is 0 Å². The Morgan fingerprint density at radius 2 is 1.90 bits per heavy atom. The van der Waals surface area contributed by atoms with E-state index >= 15 is 0 Å². The van der Waals surface area contributed by atoms with E-state index in [1.165, 1.54) is 5.69 Å². The summed E-state index contributed by atoms with van der Waals surface area (Å²) in [5.74, 6) is -0.0694. The number of pyridine rings is 1. The maximum absolute atomic E-state index is 11.2. The Balaban J connectivity index is 1.60. The third-order valence-electron chi connectivity index (χ3n) is 3.81. The molecule has 0 N–H and O–H groups in total. The van der Waals surface area contributed by atoms with E-state index in [1.54, 1.807) is 0 Å². The highest BCUT2D eigenvalue weighted by molar-refractivity contribution is 5.69. The van der Waals surface area contributed by atoms with Crippen LogP contribution in [-0.4, -0.2) is 55.2 Å². The summed E-state index contributed by atoms with van der Waals surface area (Å²) in [6.07, 6.45) is 6.22. The SMILES string of the molecule is CCOC(=O)CCCCN1CCN(c2ccncc2)CC1. The molecule has 0 amide bonds. The zero-order valence-electron chi connectivity index (χ0n) is 12.8. The topological polar surface area (TPSA) is 45.7 Å². The van der Waals surface area contributed by atoms with Crippen LogP contribution in [-0.2, 0) is 9.53 Å². The van der Waals surface area contributed by atoms with Crippen LogP contribution in [0, 0.1) is 0 Å². The summed E-state index contributed by atoms with van der Waals surface area (Å²) in [5, 5.41) is 0. The van der Waals surface area contributed by atoms with Crippen LogP contribution in [0.3, 0.4) is 0 Å². The van der Waals surface area contributed by atoms with Crippen LogP contribution in [0.25, 0.3) is 0 Å². The second kappa shape index (κ2) is 8.62. The molecule has 2 rings (SSSR count). The second-order valence-electron chi connectivity index (χ2n) is 5.30. The first-order valence-corrected chi connectivity index (χ1v) is 7.82. The van der Waals surface area contributed by atoms with Crippen LogP contribution < -0.4 is 4.90 Å². The molecule has 1 aliphatic heterocycles. The van der Waals surface area contributed by atoms with Crippen molar-refractivity contribution in [2.45, 2.75) is 26.2 Å². The number of ether oxygens (including phenoxy) is 1. The Hall–Kier alpha value is -1.62. The first kappa shape index (κ1) is 15.8. The van der Waals surface area contributed by atoms with E-state index in [4.69, 9.17) is 4.74 Å². The molecule has 0 spiro atoms. The van der Waals surface area contributed by atoms with Gasteiger partial charge in [-0.3, -0.25) is 14.7 Å². The van der Waals surface area contributed by atoms with E-state index in [0.717, 1.165) is 45.6 Å². The maximum Gasteiger partial charge on any atom is 0.305 e. The number of piperazine rings is 1. The Bertz CT molecular complexity index is 417. The van der Waals surface area contributed by atoms with Gasteiger partial charge in [0.05, 0.1) is 6.61 Å². The van der Waals surface area contributed by atoms with Crippen LogP contribution in [0.15, 0.2) is 24.5 Å². The summed E-state index contributed by atoms with van der Waals surface area (Å²) < 4.78 is 4.93. The van der Waals surface area contributed by atoms with Gasteiger partial charge in [-0.05, 0) is 38.4 Å². The summed E-state index contributed by atoms with van der Waals surface area (Å²) in [6, 6.07) is 4.13. The third kappa shape index (κ3) is 5.34. The van der Waals surface area contributed by atoms with Crippen molar-refractivity contribution in [1.82, 2.24) is 9.88 Å². The van der Waals surface area contributed by atoms with Crippen molar-refractivity contribution in [3.8, 4) is 0 Å². The van der Waals surface area contributed by atoms with Crippen molar-refractivity contribution in [3.05, 3.63) is 24.5 Å². The van der Waals surface area contributed by atoms with Crippen LogP contribution in [0.1, 0.15) is 26.2 Å². The molecule has 0 atom stereocenters. The van der Waals surface area contributed by atoms with Crippen LogP contribution >= 0.6 is 0 Å². The third-order valence-corrected chi connectivity index (χ3v) is 3.81. The molecule has 0 radical (unpaired) electrons. The monoisotopic (exact) mass is 291 g/mol. The lowest BCUT2D eigenvalue weighted by Gasteiger charge is -2.36. The first-order chi connectivity index (χ1) is 10.3. The van der Waals surface area contributed by atoms with E-state index in [2.05, 4.69) is 26.9 Å². The minimum absolute atomic E-state index is 0.0694. The Labute approximate surface area is 126 Å². The van der Waals surface area contributed by atoms with Crippen LogP contribution in [0.4, 0.5) is 5.69 Å². The van der Waals surface area contributed by atoms with Crippen molar-refractivity contribution < 1.29 is 9.53 Å². The van der Waals surface area contributed by atoms with E-state index < -0.39 is 0 Å². The van der Waals surface area contributed by atoms with Gasteiger partial charge in [-0.15, -0.1) is 0 Å². The summed E-state index contributed by atoms with van der Waals surface area (Å²) in [6.45, 7) is 7.69. The molecule has 1 fully saturated rings. The summed E-state index contributed by atoms with van der Waals surface area (Å²) in [4.78, 5) is 20.2. The minimum atomic E-state index is -0.0694. The number of rotatable bonds is 7. The Kier molecular flexibility index (Phi) is 6.47. The van der Waals surface area contributed by atoms with Crippen molar-refractivity contribution in [1.29, 1.82) is 0 Å². The van der Waals surface area contributed by atoms with Gasteiger partial charge >= 0.3 is 5.97 Å². The Morgan fingerprint density at radius 1 is 1.19 bits per heavy atom. The number of anilines is 1. The standard InChI is InChI=1S/C16H25N3O2/c1-2-21-16(20)5-3-4-10-18-11-13-19(14-12-18)15-6-8-17-9-7-15/h6-9H,2-5,10-14H2,1H3. The highest BCUT2D eigenvalue weighted by Gasteiger charge is 2.16. The smallest absolute Gasteiger partial charge is 0.305 e. The molecule has 116 valence electrons. The van der Waals surface area contributed by atoms with E-state index in [1.807, 2.05) is 19.3 Å². The minimum Gasteiger partial charge on any atom is -0.466 e. The highest BCUT2D eigenvalue weighted by atomic mass is 16.5. The molecule has 1 saturated heterocycles. The number of nitrogens with zero attached hydrogens (tertiary/aromatic N) is 3. The summed E-state index contributed by atoms with van der Waals surface area (Å²) in [5.41, 5.74) is 1.26. The molecule has 0 aromatic carbocycles. The predicted molar refractivity (Wildman–Crippen MR) is 83.4 cm³/mol. The van der Waals surface area contributed by atoms with Gasteiger partial charge in [-0.2, -0.15) is 0 Å². The number of unbranched alkanes of at least 4 members (excludes halogenated alkanes) is 1. The molecule has 5 heteroatoms. The quantitative estimate of drug-likeness (QED) is 0.567. The lowest BCUT2D eigenvalue weighted by atomic mass is 10.2. The van der Waals surface area contributed by atoms with Gasteiger partial charge in [0.2, 0.25) is 0 Å². The molecular formula is C16H25N3O2. The lowest BCUT2D eigenvalue weighted by molar-refractivity contribution is -0.143. The average Bonchev–Trinajstić information content (AvgIpc) is 2.53. The van der Waals surface area contributed by atoms with Gasteiger partial charge in [0, 0.05) is 50.7 Å². The molecule has 1 aromatic rings. The zero-order valence-corrected chi connectivity index (χ0v) is 12.8. The predicted octanol–water partition coefficient (Wildman–Crippen LogP) is 1.94. The van der Waals surface area contributed by atoms with Crippen molar-refractivity contribution >= 4 is 11.7 Å². The number of hydrogen-bond acceptors (Lipinski definition) is 5. The molecule has 0 bridgehead atoms.